The molecule has 8 nitrogen and oxygen atoms in total. The van der Waals surface area contributed by atoms with Crippen LogP contribution in [0.2, 0.25) is 0 Å². The Labute approximate surface area is 153 Å². The van der Waals surface area contributed by atoms with Gasteiger partial charge in [-0.15, -0.1) is 0 Å². The smallest absolute Gasteiger partial charge is 0.416 e. The van der Waals surface area contributed by atoms with E-state index in [1.807, 2.05) is 0 Å². The van der Waals surface area contributed by atoms with Crippen molar-refractivity contribution in [2.24, 2.45) is 0 Å². The Bertz CT molecular complexity index is 816. The van der Waals surface area contributed by atoms with Gasteiger partial charge < -0.3 is 14.2 Å². The van der Waals surface area contributed by atoms with Gasteiger partial charge in [0.25, 0.3) is 0 Å². The van der Waals surface area contributed by atoms with Crippen LogP contribution in [-0.2, 0) is 30.4 Å². The molecule has 0 aromatic heterocycles. The summed E-state index contributed by atoms with van der Waals surface area (Å²) in [5, 5.41) is 2.23. The lowest BCUT2D eigenvalue weighted by Crippen LogP contribution is -2.44. The third kappa shape index (κ3) is 4.89. The molecule has 2 fully saturated rings. The topological polar surface area (TPSA) is 103 Å². The van der Waals surface area contributed by atoms with Crippen LogP contribution in [0.5, 0.6) is 0 Å². The first-order valence-corrected chi connectivity index (χ1v) is 9.77. The fourth-order valence-electron chi connectivity index (χ4n) is 3.00. The van der Waals surface area contributed by atoms with Gasteiger partial charge in [0.2, 0.25) is 10.0 Å². The van der Waals surface area contributed by atoms with Crippen LogP contribution < -0.4 is 10.0 Å². The lowest BCUT2D eigenvalue weighted by molar-refractivity contribution is -0.137. The highest BCUT2D eigenvalue weighted by atomic mass is 32.2. The minimum Gasteiger partial charge on any atom is -0.441 e. The molecule has 150 valence electrons. The summed E-state index contributed by atoms with van der Waals surface area (Å²) >= 11 is 0. The number of rotatable bonds is 4. The van der Waals surface area contributed by atoms with Gasteiger partial charge in [-0.3, -0.25) is 5.32 Å². The standard InChI is InChI=1S/C15H17F3N2O6S/c1-27(22,23)20-10-6-24-13-11(7-25-12(10)13)26-14(21)19-9-4-2-3-8(5-9)15(16,17)18/h2-5,10-13,20H,6-7H2,1H3,(H,19,21)/t10-,11-,12-,13+/m1/s1. The highest BCUT2D eigenvalue weighted by Crippen LogP contribution is 2.31. The number of ether oxygens (including phenoxy) is 3. The molecule has 0 saturated carbocycles. The quantitative estimate of drug-likeness (QED) is 0.777. The number of benzene rings is 1. The zero-order valence-corrected chi connectivity index (χ0v) is 14.8. The van der Waals surface area contributed by atoms with Crippen LogP contribution in [0.3, 0.4) is 0 Å². The Kier molecular flexibility index (Phi) is 5.34. The van der Waals surface area contributed by atoms with Crippen molar-refractivity contribution in [3.05, 3.63) is 29.8 Å². The number of carbonyl (C=O) groups excluding carboxylic acids is 1. The summed E-state index contributed by atoms with van der Waals surface area (Å²) in [5.41, 5.74) is -0.979. The van der Waals surface area contributed by atoms with Crippen LogP contribution in [0, 0.1) is 0 Å². The molecule has 0 spiro atoms. The van der Waals surface area contributed by atoms with E-state index in [-0.39, 0.29) is 18.9 Å². The number of sulfonamides is 1. The highest BCUT2D eigenvalue weighted by Gasteiger charge is 2.50. The summed E-state index contributed by atoms with van der Waals surface area (Å²) < 4.78 is 79.3. The molecule has 4 atom stereocenters. The van der Waals surface area contributed by atoms with Gasteiger partial charge in [0.1, 0.15) is 12.2 Å². The summed E-state index contributed by atoms with van der Waals surface area (Å²) in [6.45, 7) is 0.0325. The van der Waals surface area contributed by atoms with Gasteiger partial charge in [0.05, 0.1) is 31.1 Å². The fraction of sp³-hybridized carbons (Fsp3) is 0.533. The number of anilines is 1. The van der Waals surface area contributed by atoms with Crippen molar-refractivity contribution in [1.82, 2.24) is 4.72 Å². The second-order valence-corrected chi connectivity index (χ2v) is 8.02. The number of hydrogen-bond acceptors (Lipinski definition) is 6. The predicted molar refractivity (Wildman–Crippen MR) is 86.6 cm³/mol. The SMILES string of the molecule is CS(=O)(=O)N[C@@H]1CO[C@@H]2[C@@H]1OC[C@H]2OC(=O)Nc1cccc(C(F)(F)F)c1. The summed E-state index contributed by atoms with van der Waals surface area (Å²) in [6, 6.07) is 3.52. The number of fused-ring (bicyclic) bond motifs is 1. The molecule has 1 amide bonds. The van der Waals surface area contributed by atoms with E-state index in [1.165, 1.54) is 6.07 Å². The second kappa shape index (κ2) is 7.26. The first kappa shape index (κ1) is 19.9. The second-order valence-electron chi connectivity index (χ2n) is 6.24. The van der Waals surface area contributed by atoms with E-state index < -0.39 is 52.2 Å². The van der Waals surface area contributed by atoms with Crippen LogP contribution >= 0.6 is 0 Å². The monoisotopic (exact) mass is 410 g/mol. The molecule has 12 heteroatoms. The van der Waals surface area contributed by atoms with E-state index in [0.717, 1.165) is 24.5 Å². The van der Waals surface area contributed by atoms with Gasteiger partial charge in [0.15, 0.2) is 6.10 Å². The van der Waals surface area contributed by atoms with E-state index in [4.69, 9.17) is 14.2 Å². The molecule has 2 aliphatic rings. The van der Waals surface area contributed by atoms with Crippen molar-refractivity contribution in [2.45, 2.75) is 30.5 Å². The largest absolute Gasteiger partial charge is 0.441 e. The maximum atomic E-state index is 12.7. The highest BCUT2D eigenvalue weighted by molar-refractivity contribution is 7.88. The summed E-state index contributed by atoms with van der Waals surface area (Å²) in [5.74, 6) is 0. The first-order valence-electron chi connectivity index (χ1n) is 7.88. The molecular formula is C15H17F3N2O6S. The van der Waals surface area contributed by atoms with Gasteiger partial charge in [-0.25, -0.2) is 17.9 Å². The van der Waals surface area contributed by atoms with E-state index in [2.05, 4.69) is 10.0 Å². The molecule has 2 heterocycles. The van der Waals surface area contributed by atoms with E-state index in [9.17, 15) is 26.4 Å². The van der Waals surface area contributed by atoms with Crippen LogP contribution in [0.25, 0.3) is 0 Å². The molecular weight excluding hydrogens is 393 g/mol. The van der Waals surface area contributed by atoms with E-state index in [1.54, 1.807) is 0 Å². The van der Waals surface area contributed by atoms with Crippen LogP contribution in [-0.4, -0.2) is 58.3 Å². The lowest BCUT2D eigenvalue weighted by atomic mass is 10.1. The molecule has 0 radical (unpaired) electrons. The van der Waals surface area contributed by atoms with Gasteiger partial charge in [-0.2, -0.15) is 13.2 Å². The van der Waals surface area contributed by atoms with Gasteiger partial charge >= 0.3 is 12.3 Å². The molecule has 3 rings (SSSR count). The fourth-order valence-corrected chi connectivity index (χ4v) is 3.75. The molecule has 0 bridgehead atoms. The zero-order valence-electron chi connectivity index (χ0n) is 14.0. The Balaban J connectivity index is 1.58. The first-order chi connectivity index (χ1) is 12.5. The summed E-state index contributed by atoms with van der Waals surface area (Å²) in [4.78, 5) is 12.0. The number of halogens is 3. The van der Waals surface area contributed by atoms with E-state index in [0.29, 0.717) is 0 Å². The third-order valence-electron chi connectivity index (χ3n) is 4.07. The van der Waals surface area contributed by atoms with Gasteiger partial charge in [-0.1, -0.05) is 6.07 Å². The number of alkyl halides is 3. The maximum Gasteiger partial charge on any atom is 0.416 e. The average Bonchev–Trinajstić information content (AvgIpc) is 3.09. The molecule has 0 aliphatic carbocycles. The third-order valence-corrected chi connectivity index (χ3v) is 4.80. The van der Waals surface area contributed by atoms with Crippen molar-refractivity contribution in [1.29, 1.82) is 0 Å². The molecule has 2 N–H and O–H groups in total. The van der Waals surface area contributed by atoms with Crippen LogP contribution in [0.1, 0.15) is 5.56 Å². The number of hydrogen-bond donors (Lipinski definition) is 2. The lowest BCUT2D eigenvalue weighted by Gasteiger charge is -2.17. The summed E-state index contributed by atoms with van der Waals surface area (Å²) in [6.07, 6.45) is -6.60. The van der Waals surface area contributed by atoms with Gasteiger partial charge in [0, 0.05) is 5.69 Å². The molecule has 27 heavy (non-hydrogen) atoms. The summed E-state index contributed by atoms with van der Waals surface area (Å²) in [7, 11) is -3.47. The Morgan fingerprint density at radius 3 is 2.59 bits per heavy atom. The Morgan fingerprint density at radius 2 is 1.93 bits per heavy atom. The normalized spacial score (nSPS) is 28.0. The Hall–Kier alpha value is -1.89. The van der Waals surface area contributed by atoms with Crippen molar-refractivity contribution >= 4 is 21.8 Å². The molecule has 2 aliphatic heterocycles. The number of amides is 1. The molecule has 0 unspecified atom stereocenters. The maximum absolute atomic E-state index is 12.7. The van der Waals surface area contributed by atoms with E-state index >= 15 is 0 Å². The Morgan fingerprint density at radius 1 is 1.22 bits per heavy atom. The molecule has 2 saturated heterocycles. The molecule has 1 aromatic carbocycles. The minimum absolute atomic E-state index is 0.0205. The van der Waals surface area contributed by atoms with Crippen LogP contribution in [0.15, 0.2) is 24.3 Å². The average molecular weight is 410 g/mol. The van der Waals surface area contributed by atoms with Crippen molar-refractivity contribution < 1.29 is 40.6 Å². The molecule has 1 aromatic rings. The van der Waals surface area contributed by atoms with Crippen molar-refractivity contribution in [3.8, 4) is 0 Å². The minimum atomic E-state index is -4.53. The van der Waals surface area contributed by atoms with Crippen molar-refractivity contribution in [3.63, 3.8) is 0 Å². The van der Waals surface area contributed by atoms with Gasteiger partial charge in [-0.05, 0) is 18.2 Å². The number of nitrogens with one attached hydrogen (secondary N) is 2. The predicted octanol–water partition coefficient (Wildman–Crippen LogP) is 1.34. The van der Waals surface area contributed by atoms with Crippen LogP contribution in [0.4, 0.5) is 23.7 Å². The number of carbonyl (C=O) groups is 1. The van der Waals surface area contributed by atoms with Crippen molar-refractivity contribution in [2.75, 3.05) is 24.8 Å². The zero-order chi connectivity index (χ0) is 19.8.